The highest BCUT2D eigenvalue weighted by molar-refractivity contribution is 7.90. The van der Waals surface area contributed by atoms with Gasteiger partial charge in [0, 0.05) is 12.7 Å². The van der Waals surface area contributed by atoms with Crippen LogP contribution in [0.15, 0.2) is 59.5 Å². The van der Waals surface area contributed by atoms with Gasteiger partial charge in [0.1, 0.15) is 5.75 Å². The second kappa shape index (κ2) is 9.18. The molecule has 0 saturated heterocycles. The molecule has 0 aliphatic rings. The third kappa shape index (κ3) is 6.41. The normalized spacial score (nSPS) is 12.2. The second-order valence-electron chi connectivity index (χ2n) is 5.95. The number of carboxylic acid groups (broad SMARTS) is 1. The van der Waals surface area contributed by atoms with E-state index in [2.05, 4.69) is 5.32 Å². The Balaban J connectivity index is 1.79. The minimum absolute atomic E-state index is 0.109. The Labute approximate surface area is 157 Å². The molecule has 0 fully saturated rings. The van der Waals surface area contributed by atoms with Gasteiger partial charge in [0.25, 0.3) is 0 Å². The summed E-state index contributed by atoms with van der Waals surface area (Å²) in [4.78, 5) is 23.6. The zero-order valence-electron chi connectivity index (χ0n) is 14.8. The molecule has 2 aromatic rings. The maximum absolute atomic E-state index is 12.0. The fourth-order valence-corrected chi connectivity index (χ4v) is 3.00. The lowest BCUT2D eigenvalue weighted by molar-refractivity contribution is -0.142. The van der Waals surface area contributed by atoms with Gasteiger partial charge < -0.3 is 15.2 Å². The van der Waals surface area contributed by atoms with Crippen LogP contribution in [0.25, 0.3) is 0 Å². The van der Waals surface area contributed by atoms with Crippen LogP contribution in [0, 0.1) is 0 Å². The number of amides is 1. The van der Waals surface area contributed by atoms with Gasteiger partial charge in [-0.3, -0.25) is 4.79 Å². The third-order valence-corrected chi connectivity index (χ3v) is 4.88. The fraction of sp³-hybridized carbons (Fsp3) is 0.263. The highest BCUT2D eigenvalue weighted by atomic mass is 32.2. The number of nitrogens with one attached hydrogen (secondary N) is 1. The number of ether oxygens (including phenoxy) is 1. The lowest BCUT2D eigenvalue weighted by atomic mass is 10.1. The Morgan fingerprint density at radius 3 is 2.26 bits per heavy atom. The van der Waals surface area contributed by atoms with Crippen molar-refractivity contribution in [3.05, 3.63) is 60.2 Å². The van der Waals surface area contributed by atoms with Crippen LogP contribution < -0.4 is 10.1 Å². The summed E-state index contributed by atoms with van der Waals surface area (Å²) in [5, 5.41) is 11.8. The zero-order chi connectivity index (χ0) is 19.9. The summed E-state index contributed by atoms with van der Waals surface area (Å²) in [5.74, 6) is -1.02. The van der Waals surface area contributed by atoms with E-state index in [9.17, 15) is 23.1 Å². The average molecular weight is 391 g/mol. The van der Waals surface area contributed by atoms with Crippen LogP contribution in [0.5, 0.6) is 5.75 Å². The van der Waals surface area contributed by atoms with Crippen LogP contribution in [-0.4, -0.2) is 38.3 Å². The molecule has 7 nitrogen and oxygen atoms in total. The topological polar surface area (TPSA) is 110 Å². The molecule has 0 heterocycles. The molecule has 27 heavy (non-hydrogen) atoms. The number of aliphatic carboxylic acids is 1. The van der Waals surface area contributed by atoms with Gasteiger partial charge in [0.2, 0.25) is 5.91 Å². The molecule has 2 rings (SSSR count). The number of carboxylic acids is 1. The molecule has 0 spiro atoms. The highest BCUT2D eigenvalue weighted by Crippen LogP contribution is 2.16. The molecule has 1 atom stereocenters. The Morgan fingerprint density at radius 1 is 1.07 bits per heavy atom. The van der Waals surface area contributed by atoms with Gasteiger partial charge in [-0.2, -0.15) is 0 Å². The molecule has 0 aliphatic heterocycles. The minimum atomic E-state index is -3.25. The maximum atomic E-state index is 12.0. The Kier molecular flexibility index (Phi) is 6.95. The summed E-state index contributed by atoms with van der Waals surface area (Å²) in [7, 11) is -3.25. The van der Waals surface area contributed by atoms with E-state index >= 15 is 0 Å². The van der Waals surface area contributed by atoms with Crippen molar-refractivity contribution in [2.24, 2.45) is 0 Å². The lowest BCUT2D eigenvalue weighted by Crippen LogP contribution is -2.33. The Bertz CT molecular complexity index is 878. The van der Waals surface area contributed by atoms with Crippen molar-refractivity contribution in [1.82, 2.24) is 5.32 Å². The molecule has 1 amide bonds. The van der Waals surface area contributed by atoms with E-state index in [0.29, 0.717) is 17.7 Å². The molecule has 0 aliphatic carbocycles. The molecule has 1 unspecified atom stereocenters. The van der Waals surface area contributed by atoms with Gasteiger partial charge >= 0.3 is 5.97 Å². The summed E-state index contributed by atoms with van der Waals surface area (Å²) in [6.07, 6.45) is 1.63. The summed E-state index contributed by atoms with van der Waals surface area (Å²) in [6.45, 7) is 0.245. The molecular weight excluding hydrogens is 370 g/mol. The van der Waals surface area contributed by atoms with Crippen LogP contribution in [0.1, 0.15) is 24.4 Å². The zero-order valence-corrected chi connectivity index (χ0v) is 15.6. The van der Waals surface area contributed by atoms with E-state index in [-0.39, 0.29) is 23.8 Å². The first kappa shape index (κ1) is 20.4. The van der Waals surface area contributed by atoms with Gasteiger partial charge in [-0.1, -0.05) is 30.3 Å². The Morgan fingerprint density at radius 2 is 1.70 bits per heavy atom. The monoisotopic (exact) mass is 391 g/mol. The van der Waals surface area contributed by atoms with Crippen molar-refractivity contribution in [2.75, 3.05) is 12.9 Å². The molecule has 0 saturated carbocycles. The Hall–Kier alpha value is -2.87. The number of carbonyl (C=O) groups excluding carboxylic acids is 1. The van der Waals surface area contributed by atoms with E-state index in [1.807, 2.05) is 0 Å². The molecule has 144 valence electrons. The van der Waals surface area contributed by atoms with E-state index in [1.54, 1.807) is 42.5 Å². The quantitative estimate of drug-likeness (QED) is 0.634. The predicted octanol–water partition coefficient (Wildman–Crippen LogP) is 2.19. The molecular formula is C19H21NO6S. The van der Waals surface area contributed by atoms with Crippen LogP contribution in [0.2, 0.25) is 0 Å². The number of hydrogen-bond acceptors (Lipinski definition) is 5. The molecule has 2 aromatic carbocycles. The van der Waals surface area contributed by atoms with E-state index in [4.69, 9.17) is 4.74 Å². The number of rotatable bonds is 9. The highest BCUT2D eigenvalue weighted by Gasteiger charge is 2.21. The SMILES string of the molecule is CS(=O)(=O)c1ccc(OCCCC(=O)NC(C(=O)O)c2ccccc2)cc1. The van der Waals surface area contributed by atoms with Gasteiger partial charge in [0.15, 0.2) is 15.9 Å². The van der Waals surface area contributed by atoms with Crippen molar-refractivity contribution in [1.29, 1.82) is 0 Å². The third-order valence-electron chi connectivity index (χ3n) is 3.75. The van der Waals surface area contributed by atoms with E-state index < -0.39 is 21.8 Å². The number of benzene rings is 2. The maximum Gasteiger partial charge on any atom is 0.330 e. The van der Waals surface area contributed by atoms with Gasteiger partial charge in [0.05, 0.1) is 11.5 Å². The van der Waals surface area contributed by atoms with Crippen molar-refractivity contribution in [3.8, 4) is 5.75 Å². The van der Waals surface area contributed by atoms with Crippen LogP contribution in [-0.2, 0) is 19.4 Å². The average Bonchev–Trinajstić information content (AvgIpc) is 2.63. The first-order chi connectivity index (χ1) is 12.8. The van der Waals surface area contributed by atoms with E-state index in [1.165, 1.54) is 12.1 Å². The molecule has 2 N–H and O–H groups in total. The van der Waals surface area contributed by atoms with Crippen molar-refractivity contribution < 1.29 is 27.9 Å². The first-order valence-electron chi connectivity index (χ1n) is 8.27. The molecule has 0 aromatic heterocycles. The number of carbonyl (C=O) groups is 2. The summed E-state index contributed by atoms with van der Waals surface area (Å²) < 4.78 is 28.3. The first-order valence-corrected chi connectivity index (χ1v) is 10.2. The lowest BCUT2D eigenvalue weighted by Gasteiger charge is -2.15. The van der Waals surface area contributed by atoms with E-state index in [0.717, 1.165) is 6.26 Å². The summed E-state index contributed by atoms with van der Waals surface area (Å²) >= 11 is 0. The summed E-state index contributed by atoms with van der Waals surface area (Å²) in [6, 6.07) is 13.4. The molecule has 0 bridgehead atoms. The van der Waals surface area contributed by atoms with Gasteiger partial charge in [-0.05, 0) is 36.2 Å². The van der Waals surface area contributed by atoms with Gasteiger partial charge in [-0.25, -0.2) is 13.2 Å². The smallest absolute Gasteiger partial charge is 0.330 e. The predicted molar refractivity (Wildman–Crippen MR) is 99.2 cm³/mol. The van der Waals surface area contributed by atoms with Crippen molar-refractivity contribution in [2.45, 2.75) is 23.8 Å². The standard InChI is InChI=1S/C19H21NO6S/c1-27(24,25)16-11-9-15(10-12-16)26-13-5-8-17(21)20-18(19(22)23)14-6-3-2-4-7-14/h2-4,6-7,9-12,18H,5,8,13H2,1H3,(H,20,21)(H,22,23). The van der Waals surface area contributed by atoms with Crippen molar-refractivity contribution in [3.63, 3.8) is 0 Å². The van der Waals surface area contributed by atoms with Crippen molar-refractivity contribution >= 4 is 21.7 Å². The van der Waals surface area contributed by atoms with Crippen LogP contribution in [0.3, 0.4) is 0 Å². The second-order valence-corrected chi connectivity index (χ2v) is 7.96. The number of hydrogen-bond donors (Lipinski definition) is 2. The minimum Gasteiger partial charge on any atom is -0.494 e. The summed E-state index contributed by atoms with van der Waals surface area (Å²) in [5.41, 5.74) is 0.501. The fourth-order valence-electron chi connectivity index (χ4n) is 2.37. The van der Waals surface area contributed by atoms with Crippen LogP contribution >= 0.6 is 0 Å². The largest absolute Gasteiger partial charge is 0.494 e. The molecule has 0 radical (unpaired) electrons. The number of sulfone groups is 1. The van der Waals surface area contributed by atoms with Crippen LogP contribution in [0.4, 0.5) is 0 Å². The van der Waals surface area contributed by atoms with Gasteiger partial charge in [-0.15, -0.1) is 0 Å². The molecule has 8 heteroatoms.